The van der Waals surface area contributed by atoms with E-state index in [2.05, 4.69) is 0 Å². The molecule has 1 amide bonds. The van der Waals surface area contributed by atoms with Crippen molar-refractivity contribution in [3.05, 3.63) is 59.7 Å². The second-order valence-corrected chi connectivity index (χ2v) is 4.62. The van der Waals surface area contributed by atoms with Gasteiger partial charge in [0, 0.05) is 0 Å². The molecule has 5 heteroatoms. The summed E-state index contributed by atoms with van der Waals surface area (Å²) in [4.78, 5) is 25.5. The van der Waals surface area contributed by atoms with Crippen molar-refractivity contribution in [1.82, 2.24) is 0 Å². The molecule has 1 N–H and O–H groups in total. The van der Waals surface area contributed by atoms with E-state index in [9.17, 15) is 14.7 Å². The van der Waals surface area contributed by atoms with E-state index in [1.54, 1.807) is 29.2 Å². The molecule has 21 heavy (non-hydrogen) atoms. The van der Waals surface area contributed by atoms with Gasteiger partial charge < -0.3 is 14.7 Å². The van der Waals surface area contributed by atoms with E-state index >= 15 is 0 Å². The Kier molecular flexibility index (Phi) is 3.31. The Morgan fingerprint density at radius 1 is 1.00 bits per heavy atom. The first-order valence-corrected chi connectivity index (χ1v) is 6.54. The van der Waals surface area contributed by atoms with Gasteiger partial charge in [-0.25, -0.2) is 4.79 Å². The molecule has 1 heterocycles. The van der Waals surface area contributed by atoms with Crippen LogP contribution in [0.4, 0.5) is 5.69 Å². The largest absolute Gasteiger partial charge is 0.490 e. The second-order valence-electron chi connectivity index (χ2n) is 4.62. The number of carbonyl (C=O) groups is 2. The molecule has 3 rings (SSSR count). The minimum Gasteiger partial charge on any atom is -0.490 e. The van der Waals surface area contributed by atoms with Crippen LogP contribution in [0.25, 0.3) is 0 Å². The van der Waals surface area contributed by atoms with Gasteiger partial charge in [-0.2, -0.15) is 0 Å². The molecular weight excluding hydrogens is 270 g/mol. The Labute approximate surface area is 121 Å². The summed E-state index contributed by atoms with van der Waals surface area (Å²) < 4.78 is 5.51. The molecule has 0 spiro atoms. The van der Waals surface area contributed by atoms with E-state index in [0.29, 0.717) is 24.6 Å². The number of fused-ring (bicyclic) bond motifs is 1. The molecule has 106 valence electrons. The van der Waals surface area contributed by atoms with Crippen molar-refractivity contribution in [2.75, 3.05) is 18.1 Å². The summed E-state index contributed by atoms with van der Waals surface area (Å²) >= 11 is 0. The van der Waals surface area contributed by atoms with E-state index in [4.69, 9.17) is 4.74 Å². The van der Waals surface area contributed by atoms with Gasteiger partial charge in [0.2, 0.25) is 0 Å². The topological polar surface area (TPSA) is 66.8 Å². The van der Waals surface area contributed by atoms with Gasteiger partial charge in [-0.1, -0.05) is 24.3 Å². The maximum absolute atomic E-state index is 12.7. The number of rotatable bonds is 2. The summed E-state index contributed by atoms with van der Waals surface area (Å²) in [7, 11) is 0. The predicted octanol–water partition coefficient (Wildman–Crippen LogP) is 2.42. The number of hydrogen-bond donors (Lipinski definition) is 1. The number of para-hydroxylation sites is 2. The highest BCUT2D eigenvalue weighted by molar-refractivity contribution is 6.12. The predicted molar refractivity (Wildman–Crippen MR) is 77.0 cm³/mol. The smallest absolute Gasteiger partial charge is 0.336 e. The van der Waals surface area contributed by atoms with Crippen LogP contribution in [0.1, 0.15) is 20.7 Å². The third kappa shape index (κ3) is 2.33. The Bertz CT molecular complexity index is 711. The number of carbonyl (C=O) groups excluding carboxylic acids is 1. The molecule has 0 saturated heterocycles. The number of nitrogens with zero attached hydrogens (tertiary/aromatic N) is 1. The van der Waals surface area contributed by atoms with Crippen LogP contribution in [0.2, 0.25) is 0 Å². The van der Waals surface area contributed by atoms with Gasteiger partial charge in [0.25, 0.3) is 5.91 Å². The Morgan fingerprint density at radius 2 is 1.67 bits per heavy atom. The van der Waals surface area contributed by atoms with Crippen LogP contribution >= 0.6 is 0 Å². The zero-order valence-electron chi connectivity index (χ0n) is 11.2. The van der Waals surface area contributed by atoms with Crippen LogP contribution in [0.5, 0.6) is 5.75 Å². The van der Waals surface area contributed by atoms with Crippen LogP contribution in [0, 0.1) is 0 Å². The van der Waals surface area contributed by atoms with Gasteiger partial charge in [0.15, 0.2) is 0 Å². The molecule has 0 aromatic heterocycles. The van der Waals surface area contributed by atoms with Crippen molar-refractivity contribution in [3.8, 4) is 5.75 Å². The number of carboxylic acids is 1. The first-order chi connectivity index (χ1) is 10.2. The SMILES string of the molecule is O=C(O)c1ccccc1C(=O)N1CCOc2ccccc21. The average Bonchev–Trinajstić information content (AvgIpc) is 2.53. The fourth-order valence-corrected chi connectivity index (χ4v) is 2.38. The highest BCUT2D eigenvalue weighted by Crippen LogP contribution is 2.32. The lowest BCUT2D eigenvalue weighted by molar-refractivity contribution is 0.0691. The van der Waals surface area contributed by atoms with Crippen LogP contribution in [-0.4, -0.2) is 30.1 Å². The summed E-state index contributed by atoms with van der Waals surface area (Å²) in [6, 6.07) is 13.5. The molecule has 0 atom stereocenters. The summed E-state index contributed by atoms with van der Waals surface area (Å²) in [5.74, 6) is -0.811. The van der Waals surface area contributed by atoms with E-state index < -0.39 is 5.97 Å². The highest BCUT2D eigenvalue weighted by atomic mass is 16.5. The molecule has 1 aliphatic heterocycles. The number of benzene rings is 2. The molecule has 0 fully saturated rings. The van der Waals surface area contributed by atoms with Gasteiger partial charge >= 0.3 is 5.97 Å². The number of hydrogen-bond acceptors (Lipinski definition) is 3. The average molecular weight is 283 g/mol. The van der Waals surface area contributed by atoms with Crippen LogP contribution in [-0.2, 0) is 0 Å². The third-order valence-corrected chi connectivity index (χ3v) is 3.36. The molecule has 0 aliphatic carbocycles. The standard InChI is InChI=1S/C16H13NO4/c18-15(11-5-1-2-6-12(11)16(19)20)17-9-10-21-14-8-4-3-7-13(14)17/h1-8H,9-10H2,(H,19,20). The van der Waals surface area contributed by atoms with Crippen molar-refractivity contribution in [1.29, 1.82) is 0 Å². The zero-order valence-corrected chi connectivity index (χ0v) is 11.2. The van der Waals surface area contributed by atoms with E-state index in [-0.39, 0.29) is 17.0 Å². The van der Waals surface area contributed by atoms with E-state index in [0.717, 1.165) is 0 Å². The lowest BCUT2D eigenvalue weighted by atomic mass is 10.1. The molecule has 1 aliphatic rings. The second kappa shape index (κ2) is 5.28. The molecular formula is C16H13NO4. The first-order valence-electron chi connectivity index (χ1n) is 6.54. The van der Waals surface area contributed by atoms with Gasteiger partial charge in [0.1, 0.15) is 12.4 Å². The number of anilines is 1. The highest BCUT2D eigenvalue weighted by Gasteiger charge is 2.27. The molecule has 5 nitrogen and oxygen atoms in total. The first kappa shape index (κ1) is 13.2. The minimum atomic E-state index is -1.11. The third-order valence-electron chi connectivity index (χ3n) is 3.36. The Morgan fingerprint density at radius 3 is 2.43 bits per heavy atom. The molecule has 0 radical (unpaired) electrons. The summed E-state index contributed by atoms with van der Waals surface area (Å²) in [5, 5.41) is 9.21. The van der Waals surface area contributed by atoms with Crippen molar-refractivity contribution < 1.29 is 19.4 Å². The van der Waals surface area contributed by atoms with E-state index in [1.807, 2.05) is 12.1 Å². The van der Waals surface area contributed by atoms with Crippen LogP contribution < -0.4 is 9.64 Å². The summed E-state index contributed by atoms with van der Waals surface area (Å²) in [6.07, 6.45) is 0. The maximum atomic E-state index is 12.7. The monoisotopic (exact) mass is 283 g/mol. The molecule has 0 saturated carbocycles. The fraction of sp³-hybridized carbons (Fsp3) is 0.125. The van der Waals surface area contributed by atoms with Crippen molar-refractivity contribution in [2.45, 2.75) is 0 Å². The quantitative estimate of drug-likeness (QED) is 0.919. The van der Waals surface area contributed by atoms with Gasteiger partial charge in [-0.05, 0) is 24.3 Å². The van der Waals surface area contributed by atoms with Crippen molar-refractivity contribution >= 4 is 17.6 Å². The van der Waals surface area contributed by atoms with Crippen molar-refractivity contribution in [3.63, 3.8) is 0 Å². The molecule has 0 bridgehead atoms. The van der Waals surface area contributed by atoms with Gasteiger partial charge in [-0.3, -0.25) is 4.79 Å². The number of amides is 1. The fourth-order valence-electron chi connectivity index (χ4n) is 2.38. The Hall–Kier alpha value is -2.82. The van der Waals surface area contributed by atoms with Crippen LogP contribution in [0.15, 0.2) is 48.5 Å². The molecule has 2 aromatic rings. The number of aromatic carboxylic acids is 1. The summed E-state index contributed by atoms with van der Waals surface area (Å²) in [5.41, 5.74) is 0.849. The maximum Gasteiger partial charge on any atom is 0.336 e. The minimum absolute atomic E-state index is 0.00599. The van der Waals surface area contributed by atoms with E-state index in [1.165, 1.54) is 12.1 Å². The van der Waals surface area contributed by atoms with Gasteiger partial charge in [0.05, 0.1) is 23.4 Å². The van der Waals surface area contributed by atoms with Crippen molar-refractivity contribution in [2.24, 2.45) is 0 Å². The van der Waals surface area contributed by atoms with Gasteiger partial charge in [-0.15, -0.1) is 0 Å². The number of ether oxygens (including phenoxy) is 1. The zero-order chi connectivity index (χ0) is 14.8. The molecule has 0 unspecified atom stereocenters. The normalized spacial score (nSPS) is 13.2. The number of carboxylic acid groups (broad SMARTS) is 1. The molecule has 2 aromatic carbocycles. The summed E-state index contributed by atoms with van der Waals surface area (Å²) in [6.45, 7) is 0.780. The lowest BCUT2D eigenvalue weighted by Crippen LogP contribution is -2.38. The Balaban J connectivity index is 2.03. The van der Waals surface area contributed by atoms with Crippen LogP contribution in [0.3, 0.4) is 0 Å². The lowest BCUT2D eigenvalue weighted by Gasteiger charge is -2.29.